The van der Waals surface area contributed by atoms with Crippen LogP contribution < -0.4 is 17.2 Å². The van der Waals surface area contributed by atoms with E-state index in [9.17, 15) is 0 Å². The Kier molecular flexibility index (Phi) is 4.79. The Labute approximate surface area is 221 Å². The number of hydrogen-bond donors (Lipinski definition) is 4. The smallest absolute Gasteiger partial charge is 0.164 e. The highest BCUT2D eigenvalue weighted by molar-refractivity contribution is 6.01. The zero-order valence-corrected chi connectivity index (χ0v) is 21.2. The molecule has 5 heterocycles. The summed E-state index contributed by atoms with van der Waals surface area (Å²) in [4.78, 5) is 21.3. The van der Waals surface area contributed by atoms with Crippen LogP contribution in [0.4, 0.5) is 17.3 Å². The van der Waals surface area contributed by atoms with Gasteiger partial charge < -0.3 is 22.2 Å². The number of aromatic nitrogens is 9. The molecular formula is C27H24N12. The molecule has 2 aromatic carbocycles. The predicted molar refractivity (Wildman–Crippen MR) is 151 cm³/mol. The highest BCUT2D eigenvalue weighted by Gasteiger charge is 2.20. The summed E-state index contributed by atoms with van der Waals surface area (Å²) in [7, 11) is 3.69. The van der Waals surface area contributed by atoms with Gasteiger partial charge in [0, 0.05) is 54.4 Å². The van der Waals surface area contributed by atoms with Crippen LogP contribution in [-0.4, -0.2) is 44.5 Å². The van der Waals surface area contributed by atoms with E-state index in [1.807, 2.05) is 56.7 Å². The van der Waals surface area contributed by atoms with E-state index < -0.39 is 0 Å². The molecule has 0 atom stereocenters. The highest BCUT2D eigenvalue weighted by atomic mass is 15.3. The van der Waals surface area contributed by atoms with E-state index in [0.717, 1.165) is 38.7 Å². The van der Waals surface area contributed by atoms with Crippen molar-refractivity contribution in [2.45, 2.75) is 6.42 Å². The van der Waals surface area contributed by atoms with E-state index in [-0.39, 0.29) is 0 Å². The lowest BCUT2D eigenvalue weighted by Crippen LogP contribution is -2.03. The Morgan fingerprint density at radius 3 is 2.33 bits per heavy atom. The summed E-state index contributed by atoms with van der Waals surface area (Å²) in [5, 5.41) is 11.8. The molecule has 12 heteroatoms. The van der Waals surface area contributed by atoms with Crippen LogP contribution in [0.2, 0.25) is 0 Å². The van der Waals surface area contributed by atoms with E-state index in [2.05, 4.69) is 36.2 Å². The number of H-pyrrole nitrogens is 1. The zero-order valence-electron chi connectivity index (χ0n) is 21.2. The molecule has 7 N–H and O–H groups in total. The number of aryl methyl sites for hydroxylation is 2. The fourth-order valence-corrected chi connectivity index (χ4v) is 5.14. The van der Waals surface area contributed by atoms with E-state index in [1.165, 1.54) is 6.33 Å². The molecular weight excluding hydrogens is 492 g/mol. The van der Waals surface area contributed by atoms with Crippen LogP contribution in [0.15, 0.2) is 55.0 Å². The number of anilines is 3. The standard InChI is InChI=1S/C27H24N12/c1-38-26-20(24(29)32-12-33-26)23(36-38)14-6-7-18-17(9-14)15(11-31-18)10-19-34-25(30)21-22(37-39(2)27(21)35-19)13-4-3-5-16(28)8-13/h3-9,11-12,31H,10,28H2,1-2H3,(H2,29,32,33)(H2,30,34,35). The lowest BCUT2D eigenvalue weighted by atomic mass is 10.0. The number of nitrogen functional groups attached to an aromatic ring is 3. The number of rotatable bonds is 4. The Hall–Kier alpha value is -5.52. The summed E-state index contributed by atoms with van der Waals surface area (Å²) < 4.78 is 3.43. The Bertz CT molecular complexity index is 2060. The monoisotopic (exact) mass is 516 g/mol. The molecule has 5 aromatic heterocycles. The second-order valence-electron chi connectivity index (χ2n) is 9.50. The second kappa shape index (κ2) is 8.25. The number of benzene rings is 2. The van der Waals surface area contributed by atoms with Gasteiger partial charge in [-0.05, 0) is 29.8 Å². The minimum absolute atomic E-state index is 0.372. The first-order chi connectivity index (χ1) is 18.9. The molecule has 0 unspecified atom stereocenters. The van der Waals surface area contributed by atoms with Crippen LogP contribution in [0, 0.1) is 0 Å². The van der Waals surface area contributed by atoms with Crippen molar-refractivity contribution in [2.75, 3.05) is 17.2 Å². The molecule has 0 radical (unpaired) electrons. The van der Waals surface area contributed by atoms with Crippen molar-refractivity contribution in [3.05, 3.63) is 66.4 Å². The third kappa shape index (κ3) is 3.53. The molecule has 0 spiro atoms. The zero-order chi connectivity index (χ0) is 26.8. The summed E-state index contributed by atoms with van der Waals surface area (Å²) in [5.41, 5.74) is 25.9. The van der Waals surface area contributed by atoms with Crippen LogP contribution >= 0.6 is 0 Å². The SMILES string of the molecule is Cn1nc(-c2ccc3[nH]cc(Cc4nc(N)c5c(-c6cccc(N)c6)nn(C)c5n4)c3c2)c2c(N)ncnc21. The third-order valence-corrected chi connectivity index (χ3v) is 6.96. The Balaban J connectivity index is 1.31. The fraction of sp³-hybridized carbons (Fsp3) is 0.111. The quantitative estimate of drug-likeness (QED) is 0.255. The largest absolute Gasteiger partial charge is 0.399 e. The first kappa shape index (κ1) is 22.7. The number of aromatic amines is 1. The number of nitrogens with one attached hydrogen (secondary N) is 1. The number of nitrogens with zero attached hydrogens (tertiary/aromatic N) is 8. The lowest BCUT2D eigenvalue weighted by Gasteiger charge is -2.05. The van der Waals surface area contributed by atoms with Gasteiger partial charge >= 0.3 is 0 Å². The van der Waals surface area contributed by atoms with Gasteiger partial charge in [-0.2, -0.15) is 10.2 Å². The van der Waals surface area contributed by atoms with Gasteiger partial charge in [-0.25, -0.2) is 29.3 Å². The normalized spacial score (nSPS) is 11.7. The average molecular weight is 517 g/mol. The summed E-state index contributed by atoms with van der Waals surface area (Å²) in [6.45, 7) is 0. The molecule has 0 bridgehead atoms. The van der Waals surface area contributed by atoms with Crippen LogP contribution in [0.3, 0.4) is 0 Å². The molecule has 12 nitrogen and oxygen atoms in total. The Morgan fingerprint density at radius 1 is 0.795 bits per heavy atom. The molecule has 0 saturated heterocycles. The van der Waals surface area contributed by atoms with Crippen LogP contribution in [0.5, 0.6) is 0 Å². The van der Waals surface area contributed by atoms with Gasteiger partial charge in [-0.15, -0.1) is 0 Å². The minimum atomic E-state index is 0.372. The summed E-state index contributed by atoms with van der Waals surface area (Å²) >= 11 is 0. The second-order valence-corrected chi connectivity index (χ2v) is 9.50. The summed E-state index contributed by atoms with van der Waals surface area (Å²) in [6, 6.07) is 13.6. The van der Waals surface area contributed by atoms with Gasteiger partial charge in [0.1, 0.15) is 35.2 Å². The molecule has 7 rings (SSSR count). The molecule has 0 aliphatic rings. The van der Waals surface area contributed by atoms with Crippen molar-refractivity contribution in [1.82, 2.24) is 44.5 Å². The molecule has 192 valence electrons. The van der Waals surface area contributed by atoms with E-state index in [4.69, 9.17) is 22.2 Å². The lowest BCUT2D eigenvalue weighted by molar-refractivity contribution is 0.784. The Morgan fingerprint density at radius 2 is 1.54 bits per heavy atom. The van der Waals surface area contributed by atoms with Crippen molar-refractivity contribution in [1.29, 1.82) is 0 Å². The number of fused-ring (bicyclic) bond motifs is 3. The van der Waals surface area contributed by atoms with Gasteiger partial charge in [0.15, 0.2) is 11.3 Å². The minimum Gasteiger partial charge on any atom is -0.399 e. The van der Waals surface area contributed by atoms with Gasteiger partial charge in [0.25, 0.3) is 0 Å². The van der Waals surface area contributed by atoms with Crippen molar-refractivity contribution in [3.63, 3.8) is 0 Å². The molecule has 39 heavy (non-hydrogen) atoms. The fourth-order valence-electron chi connectivity index (χ4n) is 5.14. The maximum absolute atomic E-state index is 6.48. The predicted octanol–water partition coefficient (Wildman–Crippen LogP) is 3.19. The number of hydrogen-bond acceptors (Lipinski definition) is 9. The number of nitrogens with two attached hydrogens (primary N) is 3. The molecule has 0 aliphatic heterocycles. The maximum atomic E-state index is 6.48. The van der Waals surface area contributed by atoms with Gasteiger partial charge in [0.05, 0.1) is 10.8 Å². The third-order valence-electron chi connectivity index (χ3n) is 6.96. The topological polar surface area (TPSA) is 181 Å². The van der Waals surface area contributed by atoms with Crippen molar-refractivity contribution in [3.8, 4) is 22.5 Å². The summed E-state index contributed by atoms with van der Waals surface area (Å²) in [6.07, 6.45) is 3.88. The van der Waals surface area contributed by atoms with Crippen LogP contribution in [0.1, 0.15) is 11.4 Å². The molecule has 0 fully saturated rings. The van der Waals surface area contributed by atoms with E-state index >= 15 is 0 Å². The van der Waals surface area contributed by atoms with Crippen LogP contribution in [0.25, 0.3) is 55.5 Å². The summed E-state index contributed by atoms with van der Waals surface area (Å²) in [5.74, 6) is 1.36. The van der Waals surface area contributed by atoms with Gasteiger partial charge in [-0.3, -0.25) is 0 Å². The molecule has 0 aliphatic carbocycles. The van der Waals surface area contributed by atoms with Crippen molar-refractivity contribution in [2.24, 2.45) is 14.1 Å². The molecule has 0 amide bonds. The van der Waals surface area contributed by atoms with E-state index in [0.29, 0.717) is 51.9 Å². The van der Waals surface area contributed by atoms with Gasteiger partial charge in [-0.1, -0.05) is 18.2 Å². The molecule has 7 aromatic rings. The van der Waals surface area contributed by atoms with Crippen molar-refractivity contribution < 1.29 is 0 Å². The highest BCUT2D eigenvalue weighted by Crippen LogP contribution is 2.34. The first-order valence-corrected chi connectivity index (χ1v) is 12.3. The van der Waals surface area contributed by atoms with E-state index in [1.54, 1.807) is 9.36 Å². The average Bonchev–Trinajstić information content (AvgIpc) is 3.58. The maximum Gasteiger partial charge on any atom is 0.164 e. The van der Waals surface area contributed by atoms with Crippen molar-refractivity contribution >= 4 is 50.3 Å². The first-order valence-electron chi connectivity index (χ1n) is 12.3. The van der Waals surface area contributed by atoms with Gasteiger partial charge in [0.2, 0.25) is 0 Å². The van der Waals surface area contributed by atoms with Crippen LogP contribution in [-0.2, 0) is 20.5 Å². The molecule has 0 saturated carbocycles.